The van der Waals surface area contributed by atoms with E-state index in [1.165, 1.54) is 17.4 Å². The predicted molar refractivity (Wildman–Crippen MR) is 130 cm³/mol. The molecule has 1 atom stereocenters. The largest absolute Gasteiger partial charge is 0.312 e. The number of benzene rings is 2. The summed E-state index contributed by atoms with van der Waals surface area (Å²) in [6, 6.07) is 20.9. The van der Waals surface area contributed by atoms with Crippen LogP contribution < -0.4 is 4.72 Å². The minimum Gasteiger partial charge on any atom is -0.312 e. The Bertz CT molecular complexity index is 1110. The van der Waals surface area contributed by atoms with Crippen molar-refractivity contribution in [1.82, 2.24) is 24.4 Å². The molecule has 0 unspecified atom stereocenters. The van der Waals surface area contributed by atoms with E-state index in [-0.39, 0.29) is 11.8 Å². The van der Waals surface area contributed by atoms with E-state index in [2.05, 4.69) is 85.1 Å². The summed E-state index contributed by atoms with van der Waals surface area (Å²) in [5, 5.41) is 8.83. The zero-order valence-electron chi connectivity index (χ0n) is 19.6. The van der Waals surface area contributed by atoms with Gasteiger partial charge in [-0.1, -0.05) is 74.5 Å². The number of hydrogen-bond donors (Lipinski definition) is 1. The van der Waals surface area contributed by atoms with Crippen molar-refractivity contribution in [2.75, 3.05) is 25.9 Å². The molecule has 3 aromatic rings. The van der Waals surface area contributed by atoms with E-state index >= 15 is 0 Å². The fourth-order valence-electron chi connectivity index (χ4n) is 4.55. The Kier molecular flexibility index (Phi) is 7.26. The van der Waals surface area contributed by atoms with Gasteiger partial charge in [0.2, 0.25) is 10.0 Å². The molecule has 0 aliphatic carbocycles. The first kappa shape index (κ1) is 23.6. The molecule has 1 aromatic heterocycles. The van der Waals surface area contributed by atoms with Crippen LogP contribution in [0, 0.1) is 5.92 Å². The summed E-state index contributed by atoms with van der Waals surface area (Å²) < 4.78 is 28.8. The van der Waals surface area contributed by atoms with Crippen LogP contribution in [-0.4, -0.2) is 54.0 Å². The summed E-state index contributed by atoms with van der Waals surface area (Å²) >= 11 is 0. The molecule has 0 saturated carbocycles. The van der Waals surface area contributed by atoms with Gasteiger partial charge in [0.05, 0.1) is 12.3 Å². The molecule has 0 radical (unpaired) electrons. The third-order valence-electron chi connectivity index (χ3n) is 6.28. The first-order valence-electron chi connectivity index (χ1n) is 11.5. The Morgan fingerprint density at radius 1 is 0.909 bits per heavy atom. The molecule has 1 aliphatic rings. The van der Waals surface area contributed by atoms with Crippen molar-refractivity contribution in [3.63, 3.8) is 0 Å². The molecule has 2 aromatic carbocycles. The number of nitrogens with zero attached hydrogens (tertiary/aromatic N) is 4. The van der Waals surface area contributed by atoms with E-state index in [0.29, 0.717) is 5.82 Å². The Morgan fingerprint density at radius 2 is 1.52 bits per heavy atom. The number of hydrogen-bond acceptors (Lipinski definition) is 5. The number of nitrogens with one attached hydrogen (secondary N) is 1. The van der Waals surface area contributed by atoms with Gasteiger partial charge < -0.3 is 9.47 Å². The first-order chi connectivity index (χ1) is 15.8. The third-order valence-corrected chi connectivity index (χ3v) is 6.96. The molecule has 0 amide bonds. The molecule has 33 heavy (non-hydrogen) atoms. The van der Waals surface area contributed by atoms with Gasteiger partial charge in [-0.25, -0.2) is 13.1 Å². The van der Waals surface area contributed by atoms with Crippen molar-refractivity contribution in [2.45, 2.75) is 38.8 Å². The van der Waals surface area contributed by atoms with Crippen molar-refractivity contribution < 1.29 is 8.42 Å². The van der Waals surface area contributed by atoms with Gasteiger partial charge in [-0.3, -0.25) is 0 Å². The van der Waals surface area contributed by atoms with Gasteiger partial charge in [0, 0.05) is 38.5 Å². The lowest BCUT2D eigenvalue weighted by Gasteiger charge is -2.27. The first-order valence-corrected chi connectivity index (χ1v) is 13.4. The molecule has 2 heterocycles. The van der Waals surface area contributed by atoms with E-state index in [0.717, 1.165) is 38.4 Å². The summed E-state index contributed by atoms with van der Waals surface area (Å²) in [5.74, 6) is 1.97. The van der Waals surface area contributed by atoms with Gasteiger partial charge in [-0.05, 0) is 17.0 Å². The van der Waals surface area contributed by atoms with Crippen LogP contribution in [-0.2, 0) is 23.0 Å². The fourth-order valence-corrected chi connectivity index (χ4v) is 5.39. The van der Waals surface area contributed by atoms with Crippen LogP contribution in [0.4, 0.5) is 0 Å². The van der Waals surface area contributed by atoms with Gasteiger partial charge in [-0.15, -0.1) is 10.2 Å². The highest BCUT2D eigenvalue weighted by molar-refractivity contribution is 7.88. The summed E-state index contributed by atoms with van der Waals surface area (Å²) in [5.41, 5.74) is 2.62. The fraction of sp³-hybridized carbons (Fsp3) is 0.440. The van der Waals surface area contributed by atoms with E-state index in [1.54, 1.807) is 0 Å². The third kappa shape index (κ3) is 5.88. The quantitative estimate of drug-likeness (QED) is 0.550. The maximum atomic E-state index is 11.9. The average Bonchev–Trinajstić information content (AvgIpc) is 3.09. The average molecular weight is 468 g/mol. The van der Waals surface area contributed by atoms with Crippen LogP contribution in [0.15, 0.2) is 60.7 Å². The van der Waals surface area contributed by atoms with Crippen molar-refractivity contribution >= 4 is 10.0 Å². The summed E-state index contributed by atoms with van der Waals surface area (Å²) in [4.78, 5) is 2.48. The van der Waals surface area contributed by atoms with Gasteiger partial charge in [-0.2, -0.15) is 0 Å². The highest BCUT2D eigenvalue weighted by Crippen LogP contribution is 2.27. The Balaban J connectivity index is 1.54. The predicted octanol–water partition coefficient (Wildman–Crippen LogP) is 3.21. The molecule has 0 saturated heterocycles. The maximum Gasteiger partial charge on any atom is 0.209 e. The van der Waals surface area contributed by atoms with E-state index < -0.39 is 16.1 Å². The zero-order valence-corrected chi connectivity index (χ0v) is 20.4. The Labute approximate surface area is 196 Å². The molecule has 0 bridgehead atoms. The van der Waals surface area contributed by atoms with Crippen LogP contribution >= 0.6 is 0 Å². The van der Waals surface area contributed by atoms with Crippen molar-refractivity contribution in [1.29, 1.82) is 0 Å². The lowest BCUT2D eigenvalue weighted by molar-refractivity contribution is 0.268. The zero-order chi connectivity index (χ0) is 23.4. The lowest BCUT2D eigenvalue weighted by atomic mass is 9.90. The molecule has 176 valence electrons. The smallest absolute Gasteiger partial charge is 0.209 e. The number of fused-ring (bicyclic) bond motifs is 1. The van der Waals surface area contributed by atoms with E-state index in [4.69, 9.17) is 0 Å². The molecular weight excluding hydrogens is 434 g/mol. The molecule has 0 spiro atoms. The molecule has 1 aliphatic heterocycles. The minimum atomic E-state index is -3.36. The van der Waals surface area contributed by atoms with Crippen LogP contribution in [0.25, 0.3) is 0 Å². The second-order valence-electron chi connectivity index (χ2n) is 9.16. The Morgan fingerprint density at radius 3 is 2.06 bits per heavy atom. The van der Waals surface area contributed by atoms with Crippen LogP contribution in [0.2, 0.25) is 0 Å². The van der Waals surface area contributed by atoms with E-state index in [1.807, 2.05) is 13.8 Å². The van der Waals surface area contributed by atoms with Crippen LogP contribution in [0.5, 0.6) is 0 Å². The second-order valence-corrected chi connectivity index (χ2v) is 10.9. The molecule has 7 nitrogen and oxygen atoms in total. The Hall–Kier alpha value is -2.55. The van der Waals surface area contributed by atoms with Crippen molar-refractivity contribution in [2.24, 2.45) is 5.92 Å². The summed E-state index contributed by atoms with van der Waals surface area (Å²) in [7, 11) is -3.36. The second kappa shape index (κ2) is 10.2. The molecule has 8 heteroatoms. The molecular formula is C25H33N5O2S. The van der Waals surface area contributed by atoms with Gasteiger partial charge in [0.15, 0.2) is 5.82 Å². The van der Waals surface area contributed by atoms with Crippen LogP contribution in [0.1, 0.15) is 48.6 Å². The van der Waals surface area contributed by atoms with Crippen molar-refractivity contribution in [3.8, 4) is 0 Å². The van der Waals surface area contributed by atoms with Gasteiger partial charge >= 0.3 is 0 Å². The normalized spacial score (nSPS) is 16.0. The number of sulfonamides is 1. The number of aromatic nitrogens is 3. The molecule has 4 rings (SSSR count). The SMILES string of the molecule is CC(C)[C@@H](NS(C)(=O)=O)c1nnc2n1CCN(CC(c1ccccc1)c1ccccc1)CC2. The maximum absolute atomic E-state index is 11.9. The standard InChI is InChI=1S/C25H33N5O2S/c1-19(2)24(28-33(3,31)32)25-27-26-23-14-15-29(16-17-30(23)25)18-22(20-10-6-4-7-11-20)21-12-8-5-9-13-21/h4-13,19,22,24,28H,14-18H2,1-3H3/t24-/m1/s1. The monoisotopic (exact) mass is 467 g/mol. The summed E-state index contributed by atoms with van der Waals surface area (Å²) in [6.07, 6.45) is 1.98. The van der Waals surface area contributed by atoms with Crippen LogP contribution in [0.3, 0.4) is 0 Å². The van der Waals surface area contributed by atoms with Gasteiger partial charge in [0.25, 0.3) is 0 Å². The topological polar surface area (TPSA) is 80.1 Å². The summed E-state index contributed by atoms with van der Waals surface area (Å²) in [6.45, 7) is 7.40. The van der Waals surface area contributed by atoms with Gasteiger partial charge in [0.1, 0.15) is 5.82 Å². The molecule has 0 fully saturated rings. The molecule has 1 N–H and O–H groups in total. The minimum absolute atomic E-state index is 0.0629. The highest BCUT2D eigenvalue weighted by atomic mass is 32.2. The number of rotatable bonds is 8. The van der Waals surface area contributed by atoms with Crippen molar-refractivity contribution in [3.05, 3.63) is 83.4 Å². The van der Waals surface area contributed by atoms with E-state index in [9.17, 15) is 8.42 Å². The highest BCUT2D eigenvalue weighted by Gasteiger charge is 2.29. The lowest BCUT2D eigenvalue weighted by Crippen LogP contribution is -2.34.